The molecule has 0 bridgehead atoms. The van der Waals surface area contributed by atoms with E-state index in [1.165, 1.54) is 6.07 Å². The lowest BCUT2D eigenvalue weighted by atomic mass is 10.2. The fourth-order valence-corrected chi connectivity index (χ4v) is 2.02. The summed E-state index contributed by atoms with van der Waals surface area (Å²) in [6.07, 6.45) is 0. The van der Waals surface area contributed by atoms with Crippen LogP contribution in [0.2, 0.25) is 0 Å². The molecule has 124 valence electrons. The van der Waals surface area contributed by atoms with Crippen molar-refractivity contribution in [2.24, 2.45) is 5.73 Å². The van der Waals surface area contributed by atoms with E-state index in [0.29, 0.717) is 22.5 Å². The molecule has 0 saturated carbocycles. The summed E-state index contributed by atoms with van der Waals surface area (Å²) in [7, 11) is 1.56. The van der Waals surface area contributed by atoms with Crippen LogP contribution in [0, 0.1) is 0 Å². The van der Waals surface area contributed by atoms with Crippen LogP contribution < -0.4 is 21.7 Å². The first-order valence-corrected chi connectivity index (χ1v) is 7.25. The van der Waals surface area contributed by atoms with Gasteiger partial charge in [-0.15, -0.1) is 0 Å². The second-order valence-electron chi connectivity index (χ2n) is 5.00. The Morgan fingerprint density at radius 3 is 2.29 bits per heavy atom. The van der Waals surface area contributed by atoms with Gasteiger partial charge in [-0.2, -0.15) is 0 Å². The highest BCUT2D eigenvalue weighted by molar-refractivity contribution is 5.97. The van der Waals surface area contributed by atoms with E-state index in [1.807, 2.05) is 0 Å². The van der Waals surface area contributed by atoms with Gasteiger partial charge in [0, 0.05) is 29.5 Å². The lowest BCUT2D eigenvalue weighted by Crippen LogP contribution is -2.22. The molecule has 0 heterocycles. The normalized spacial score (nSPS) is 9.88. The Morgan fingerprint density at radius 2 is 1.67 bits per heavy atom. The lowest BCUT2D eigenvalue weighted by molar-refractivity contribution is -0.114. The molecular formula is C17H18N4O3. The van der Waals surface area contributed by atoms with Gasteiger partial charge in [0.2, 0.25) is 11.8 Å². The maximum absolute atomic E-state index is 11.9. The molecule has 0 aliphatic heterocycles. The van der Waals surface area contributed by atoms with Crippen LogP contribution in [0.1, 0.15) is 20.7 Å². The molecule has 0 atom stereocenters. The number of carbonyl (C=O) groups excluding carboxylic acids is 3. The number of hydrogen-bond donors (Lipinski definition) is 4. The first-order valence-electron chi connectivity index (χ1n) is 7.25. The van der Waals surface area contributed by atoms with Crippen molar-refractivity contribution in [3.05, 3.63) is 59.7 Å². The average molecular weight is 326 g/mol. The largest absolute Gasteiger partial charge is 0.376 e. The number of nitrogens with one attached hydrogen (secondary N) is 3. The molecule has 0 radical (unpaired) electrons. The van der Waals surface area contributed by atoms with Gasteiger partial charge >= 0.3 is 0 Å². The maximum atomic E-state index is 11.9. The first kappa shape index (κ1) is 17.0. The van der Waals surface area contributed by atoms with Crippen LogP contribution in [0.25, 0.3) is 0 Å². The van der Waals surface area contributed by atoms with E-state index in [2.05, 4.69) is 16.0 Å². The van der Waals surface area contributed by atoms with Gasteiger partial charge in [-0.05, 0) is 42.5 Å². The first-order chi connectivity index (χ1) is 11.5. The second-order valence-corrected chi connectivity index (χ2v) is 5.00. The molecule has 7 nitrogen and oxygen atoms in total. The number of anilines is 2. The minimum absolute atomic E-state index is 0.0418. The highest BCUT2D eigenvalue weighted by atomic mass is 16.2. The van der Waals surface area contributed by atoms with Crippen LogP contribution in [-0.2, 0) is 4.79 Å². The Morgan fingerprint density at radius 1 is 0.958 bits per heavy atom. The highest BCUT2D eigenvalue weighted by Crippen LogP contribution is 2.11. The van der Waals surface area contributed by atoms with Crippen LogP contribution in [0.15, 0.2) is 48.5 Å². The molecule has 0 saturated heterocycles. The van der Waals surface area contributed by atoms with Crippen LogP contribution in [0.5, 0.6) is 0 Å². The standard InChI is InChI=1S/C17H18N4O3/c1-19-17(24)11-5-7-13(8-6-11)20-10-15(22)21-14-4-2-3-12(9-14)16(18)23/h2-9,20H,10H2,1H3,(H2,18,23)(H,19,24)(H,21,22). The third kappa shape index (κ3) is 4.57. The molecule has 24 heavy (non-hydrogen) atoms. The molecule has 0 unspecified atom stereocenters. The minimum atomic E-state index is -0.555. The highest BCUT2D eigenvalue weighted by Gasteiger charge is 2.06. The van der Waals surface area contributed by atoms with Gasteiger partial charge in [-0.25, -0.2) is 0 Å². The van der Waals surface area contributed by atoms with Gasteiger partial charge in [0.25, 0.3) is 5.91 Å². The van der Waals surface area contributed by atoms with Crippen LogP contribution in [-0.4, -0.2) is 31.3 Å². The molecule has 5 N–H and O–H groups in total. The summed E-state index contributed by atoms with van der Waals surface area (Å²) in [5.74, 6) is -0.999. The number of primary amides is 1. The molecule has 0 aliphatic rings. The van der Waals surface area contributed by atoms with E-state index in [1.54, 1.807) is 49.5 Å². The number of amides is 3. The van der Waals surface area contributed by atoms with Gasteiger partial charge in [-0.1, -0.05) is 6.07 Å². The molecule has 2 aromatic carbocycles. The van der Waals surface area contributed by atoms with Gasteiger partial charge < -0.3 is 21.7 Å². The monoisotopic (exact) mass is 326 g/mol. The van der Waals surface area contributed by atoms with Gasteiger partial charge in [0.05, 0.1) is 6.54 Å². The second kappa shape index (κ2) is 7.77. The van der Waals surface area contributed by atoms with Gasteiger partial charge in [0.1, 0.15) is 0 Å². The minimum Gasteiger partial charge on any atom is -0.376 e. The van der Waals surface area contributed by atoms with Crippen molar-refractivity contribution in [2.45, 2.75) is 0 Å². The van der Waals surface area contributed by atoms with Gasteiger partial charge in [0.15, 0.2) is 0 Å². The summed E-state index contributed by atoms with van der Waals surface area (Å²) >= 11 is 0. The average Bonchev–Trinajstić information content (AvgIpc) is 2.60. The molecule has 7 heteroatoms. The summed E-state index contributed by atoms with van der Waals surface area (Å²) in [5, 5.41) is 8.16. The smallest absolute Gasteiger partial charge is 0.251 e. The predicted molar refractivity (Wildman–Crippen MR) is 91.9 cm³/mol. The van der Waals surface area contributed by atoms with Crippen molar-refractivity contribution in [1.82, 2.24) is 5.32 Å². The zero-order chi connectivity index (χ0) is 17.5. The fourth-order valence-electron chi connectivity index (χ4n) is 2.02. The summed E-state index contributed by atoms with van der Waals surface area (Å²) in [6.45, 7) is 0.0418. The summed E-state index contributed by atoms with van der Waals surface area (Å²) in [5.41, 5.74) is 7.27. The van der Waals surface area contributed by atoms with Gasteiger partial charge in [-0.3, -0.25) is 14.4 Å². The van der Waals surface area contributed by atoms with Crippen molar-refractivity contribution in [3.8, 4) is 0 Å². The van der Waals surface area contributed by atoms with Crippen LogP contribution in [0.4, 0.5) is 11.4 Å². The zero-order valence-corrected chi connectivity index (χ0v) is 13.1. The maximum Gasteiger partial charge on any atom is 0.251 e. The Kier molecular flexibility index (Phi) is 5.51. The Balaban J connectivity index is 1.90. The van der Waals surface area contributed by atoms with Crippen LogP contribution in [0.3, 0.4) is 0 Å². The van der Waals surface area contributed by atoms with E-state index >= 15 is 0 Å². The number of rotatable bonds is 6. The van der Waals surface area contributed by atoms with Crippen molar-refractivity contribution >= 4 is 29.1 Å². The van der Waals surface area contributed by atoms with E-state index < -0.39 is 5.91 Å². The zero-order valence-electron chi connectivity index (χ0n) is 13.1. The van der Waals surface area contributed by atoms with Crippen LogP contribution >= 0.6 is 0 Å². The Hall–Kier alpha value is -3.35. The molecule has 2 rings (SSSR count). The van der Waals surface area contributed by atoms with Crippen molar-refractivity contribution in [3.63, 3.8) is 0 Å². The quantitative estimate of drug-likeness (QED) is 0.638. The molecule has 0 aromatic heterocycles. The number of nitrogens with two attached hydrogens (primary N) is 1. The van der Waals surface area contributed by atoms with Crippen molar-refractivity contribution < 1.29 is 14.4 Å². The molecule has 0 fully saturated rings. The topological polar surface area (TPSA) is 113 Å². The summed E-state index contributed by atoms with van der Waals surface area (Å²) in [6, 6.07) is 13.1. The molecule has 3 amide bonds. The summed E-state index contributed by atoms with van der Waals surface area (Å²) < 4.78 is 0. The molecular weight excluding hydrogens is 308 g/mol. The lowest BCUT2D eigenvalue weighted by Gasteiger charge is -2.09. The Labute approximate surface area is 139 Å². The number of carbonyl (C=O) groups is 3. The third-order valence-corrected chi connectivity index (χ3v) is 3.26. The molecule has 2 aromatic rings. The predicted octanol–water partition coefficient (Wildman–Crippen LogP) is 1.20. The fraction of sp³-hybridized carbons (Fsp3) is 0.118. The van der Waals surface area contributed by atoms with E-state index in [9.17, 15) is 14.4 Å². The van der Waals surface area contributed by atoms with E-state index in [4.69, 9.17) is 5.73 Å². The third-order valence-electron chi connectivity index (χ3n) is 3.26. The van der Waals surface area contributed by atoms with E-state index in [0.717, 1.165) is 0 Å². The van der Waals surface area contributed by atoms with E-state index in [-0.39, 0.29) is 18.4 Å². The Bertz CT molecular complexity index is 757. The SMILES string of the molecule is CNC(=O)c1ccc(NCC(=O)Nc2cccc(C(N)=O)c2)cc1. The molecule has 0 spiro atoms. The number of hydrogen-bond acceptors (Lipinski definition) is 4. The van der Waals surface area contributed by atoms with Crippen molar-refractivity contribution in [2.75, 3.05) is 24.2 Å². The molecule has 0 aliphatic carbocycles. The number of benzene rings is 2. The summed E-state index contributed by atoms with van der Waals surface area (Å²) in [4.78, 5) is 34.5. The van der Waals surface area contributed by atoms with Crippen molar-refractivity contribution in [1.29, 1.82) is 0 Å².